The zero-order chi connectivity index (χ0) is 53.3. The van der Waals surface area contributed by atoms with Crippen LogP contribution in [0.1, 0.15) is 97.8 Å². The van der Waals surface area contributed by atoms with E-state index in [9.17, 15) is 48.3 Å². The number of hydrogen-bond acceptors (Lipinski definition) is 18. The molecule has 0 bridgehead atoms. The third kappa shape index (κ3) is 15.5. The van der Waals surface area contributed by atoms with Gasteiger partial charge in [-0.05, 0) is 64.3 Å². The molecule has 1 aromatic carbocycles. The first-order valence-corrected chi connectivity index (χ1v) is 26.8. The summed E-state index contributed by atoms with van der Waals surface area (Å²) in [5.41, 5.74) is 0.211. The largest absolute Gasteiger partial charge is 0.469 e. The second-order valence-corrected chi connectivity index (χ2v) is 23.8. The molecule has 0 radical (unpaired) electrons. The standard InChI is InChI=1S/C50H65N3O18Si/c1-64-39(55)16-13-31-35(23-43(59)68-5)46(49(63)71-28-30-12-10-11-29(21-30)27-54)51-37(31)25-50(36(24-44(60)69-6)33(47(61)53-50)15-18-41(57)66-3)26-38-34(22-42(58)67-4)32(14-17-40(56)65-2)45(52-38)48(62)70-19-20-72(7,8)9/h10-12,21,51-52,54H,13-20,22-28H2,1-9H3,(H,53,61). The van der Waals surface area contributed by atoms with Crippen LogP contribution in [0.4, 0.5) is 0 Å². The van der Waals surface area contributed by atoms with E-state index in [0.717, 1.165) is 14.2 Å². The number of methoxy groups -OCH3 is 6. The van der Waals surface area contributed by atoms with Crippen molar-refractivity contribution in [2.75, 3.05) is 49.3 Å². The van der Waals surface area contributed by atoms with Crippen molar-refractivity contribution in [1.29, 1.82) is 0 Å². The van der Waals surface area contributed by atoms with Gasteiger partial charge in [-0.3, -0.25) is 33.6 Å². The van der Waals surface area contributed by atoms with Crippen LogP contribution < -0.4 is 5.32 Å². The molecule has 1 aliphatic heterocycles. The highest BCUT2D eigenvalue weighted by Gasteiger charge is 2.48. The van der Waals surface area contributed by atoms with E-state index < -0.39 is 86.5 Å². The van der Waals surface area contributed by atoms with Gasteiger partial charge < -0.3 is 58.3 Å². The fourth-order valence-corrected chi connectivity index (χ4v) is 9.12. The van der Waals surface area contributed by atoms with Crippen molar-refractivity contribution >= 4 is 61.7 Å². The monoisotopic (exact) mass is 1020 g/mol. The normalized spacial score (nSPS) is 14.3. The van der Waals surface area contributed by atoms with E-state index in [1.165, 1.54) is 28.4 Å². The Morgan fingerprint density at radius 2 is 1.06 bits per heavy atom. The molecule has 1 aliphatic rings. The summed E-state index contributed by atoms with van der Waals surface area (Å²) in [6, 6.07) is 7.29. The number of amides is 1. The Bertz CT molecular complexity index is 2550. The molecular weight excluding hydrogens is 959 g/mol. The van der Waals surface area contributed by atoms with E-state index in [4.69, 9.17) is 37.9 Å². The Labute approximate surface area is 417 Å². The topological polar surface area (TPSA) is 291 Å². The molecule has 4 N–H and O–H groups in total. The maximum absolute atomic E-state index is 14.5. The fraction of sp³-hybridized carbons (Fsp3) is 0.500. The number of H-pyrrole nitrogens is 2. The molecule has 0 fully saturated rings. The van der Waals surface area contributed by atoms with Crippen LogP contribution in [0, 0.1) is 0 Å². The molecule has 3 aromatic rings. The lowest BCUT2D eigenvalue weighted by Crippen LogP contribution is -2.49. The first kappa shape index (κ1) is 57.5. The number of carbonyl (C=O) groups excluding carboxylic acids is 9. The number of carbonyl (C=O) groups is 9. The average molecular weight is 1020 g/mol. The number of aliphatic hydroxyl groups excluding tert-OH is 1. The third-order valence-corrected chi connectivity index (χ3v) is 13.9. The second-order valence-electron chi connectivity index (χ2n) is 18.2. The number of ether oxygens (including phenoxy) is 8. The number of rotatable bonds is 27. The van der Waals surface area contributed by atoms with Gasteiger partial charge in [-0.1, -0.05) is 43.9 Å². The SMILES string of the molecule is COC(=O)CCC1=C(CC(=O)OC)C(Cc2[nH]c(C(=O)OCC[Si](C)(C)C)c(CCC(=O)OC)c2CC(=O)OC)(Cc2[nH]c(C(=O)OCc3cccc(CO)c3)c(CC(=O)OC)c2CCC(=O)OC)NC1=O. The molecule has 21 nitrogen and oxygen atoms in total. The first-order chi connectivity index (χ1) is 34.2. The van der Waals surface area contributed by atoms with Gasteiger partial charge in [0.1, 0.15) is 18.0 Å². The maximum atomic E-state index is 14.5. The Morgan fingerprint density at radius 1 is 0.583 bits per heavy atom. The lowest BCUT2D eigenvalue weighted by molar-refractivity contribution is -0.141. The summed E-state index contributed by atoms with van der Waals surface area (Å²) in [7, 11) is 5.30. The molecule has 1 amide bonds. The van der Waals surface area contributed by atoms with E-state index in [1.807, 2.05) is 0 Å². The highest BCUT2D eigenvalue weighted by molar-refractivity contribution is 6.76. The maximum Gasteiger partial charge on any atom is 0.355 e. The minimum atomic E-state index is -1.79. The zero-order valence-electron chi connectivity index (χ0n) is 42.3. The molecule has 4 rings (SSSR count). The zero-order valence-corrected chi connectivity index (χ0v) is 43.3. The van der Waals surface area contributed by atoms with Crippen LogP contribution in [0.2, 0.25) is 25.7 Å². The Morgan fingerprint density at radius 3 is 1.60 bits per heavy atom. The molecule has 72 heavy (non-hydrogen) atoms. The molecule has 392 valence electrons. The minimum Gasteiger partial charge on any atom is -0.469 e. The smallest absolute Gasteiger partial charge is 0.355 e. The van der Waals surface area contributed by atoms with Gasteiger partial charge in [-0.15, -0.1) is 0 Å². The lowest BCUT2D eigenvalue weighted by Gasteiger charge is -2.33. The van der Waals surface area contributed by atoms with Gasteiger partial charge in [-0.2, -0.15) is 0 Å². The van der Waals surface area contributed by atoms with Crippen LogP contribution in [0.5, 0.6) is 0 Å². The van der Waals surface area contributed by atoms with Crippen molar-refractivity contribution in [1.82, 2.24) is 15.3 Å². The molecule has 0 saturated carbocycles. The number of aliphatic hydroxyl groups is 1. The summed E-state index contributed by atoms with van der Waals surface area (Å²) in [6.45, 7) is 5.85. The molecule has 0 spiro atoms. The van der Waals surface area contributed by atoms with Gasteiger partial charge in [0.25, 0.3) is 0 Å². The van der Waals surface area contributed by atoms with Gasteiger partial charge >= 0.3 is 47.8 Å². The number of aromatic amines is 2. The lowest BCUT2D eigenvalue weighted by atomic mass is 9.77. The molecule has 0 aliphatic carbocycles. The van der Waals surface area contributed by atoms with Crippen molar-refractivity contribution < 1.29 is 86.2 Å². The number of benzene rings is 1. The average Bonchev–Trinajstić information content (AvgIpc) is 3.96. The summed E-state index contributed by atoms with van der Waals surface area (Å²) in [4.78, 5) is 127. The second kappa shape index (κ2) is 26.4. The number of nitrogens with one attached hydrogen (secondary N) is 3. The Kier molecular flexibility index (Phi) is 21.1. The first-order valence-electron chi connectivity index (χ1n) is 23.1. The van der Waals surface area contributed by atoms with Gasteiger partial charge in [0.15, 0.2) is 0 Å². The van der Waals surface area contributed by atoms with Gasteiger partial charge in [0.2, 0.25) is 5.91 Å². The molecule has 1 atom stereocenters. The summed E-state index contributed by atoms with van der Waals surface area (Å²) >= 11 is 0. The highest BCUT2D eigenvalue weighted by atomic mass is 28.3. The van der Waals surface area contributed by atoms with Crippen LogP contribution in [-0.2, 0) is 123 Å². The van der Waals surface area contributed by atoms with Gasteiger partial charge in [0, 0.05) is 57.1 Å². The van der Waals surface area contributed by atoms with Crippen molar-refractivity contribution in [3.8, 4) is 0 Å². The van der Waals surface area contributed by atoms with Gasteiger partial charge in [-0.25, -0.2) is 9.59 Å². The van der Waals surface area contributed by atoms with E-state index in [-0.39, 0.29) is 127 Å². The molecule has 2 aromatic heterocycles. The van der Waals surface area contributed by atoms with E-state index >= 15 is 0 Å². The number of hydrogen-bond donors (Lipinski definition) is 4. The number of esters is 8. The summed E-state index contributed by atoms with van der Waals surface area (Å²) in [5.74, 6) is -6.70. The van der Waals surface area contributed by atoms with E-state index in [2.05, 4.69) is 34.9 Å². The highest BCUT2D eigenvalue weighted by Crippen LogP contribution is 2.41. The molecule has 1 unspecified atom stereocenters. The fourth-order valence-electron chi connectivity index (χ4n) is 8.41. The van der Waals surface area contributed by atoms with Gasteiger partial charge in [0.05, 0.1) is 80.7 Å². The van der Waals surface area contributed by atoms with Crippen molar-refractivity contribution in [2.45, 2.75) is 115 Å². The van der Waals surface area contributed by atoms with Crippen LogP contribution in [0.15, 0.2) is 35.4 Å². The minimum absolute atomic E-state index is 0.00552. The van der Waals surface area contributed by atoms with Crippen LogP contribution in [0.25, 0.3) is 0 Å². The Hall–Kier alpha value is -7.07. The van der Waals surface area contributed by atoms with E-state index in [0.29, 0.717) is 17.2 Å². The van der Waals surface area contributed by atoms with Crippen LogP contribution in [-0.4, -0.2) is 132 Å². The quantitative estimate of drug-likeness (QED) is 0.0480. The Balaban J connectivity index is 2.10. The number of aromatic nitrogens is 2. The molecular formula is C50H65N3O18Si. The van der Waals surface area contributed by atoms with Crippen LogP contribution >= 0.6 is 0 Å². The van der Waals surface area contributed by atoms with Crippen molar-refractivity contribution in [3.63, 3.8) is 0 Å². The predicted octanol–water partition coefficient (Wildman–Crippen LogP) is 3.80. The summed E-state index contributed by atoms with van der Waals surface area (Å²) in [6.07, 6.45) is -3.50. The van der Waals surface area contributed by atoms with E-state index in [1.54, 1.807) is 24.3 Å². The summed E-state index contributed by atoms with van der Waals surface area (Å²) in [5, 5.41) is 12.7. The third-order valence-electron chi connectivity index (χ3n) is 12.2. The molecule has 22 heteroatoms. The van der Waals surface area contributed by atoms with Crippen molar-refractivity contribution in [2.24, 2.45) is 0 Å². The predicted molar refractivity (Wildman–Crippen MR) is 257 cm³/mol. The molecule has 3 heterocycles. The van der Waals surface area contributed by atoms with Crippen molar-refractivity contribution in [3.05, 3.63) is 91.6 Å². The van der Waals surface area contributed by atoms with Crippen LogP contribution in [0.3, 0.4) is 0 Å². The summed E-state index contributed by atoms with van der Waals surface area (Å²) < 4.78 is 41.6. The molecule has 0 saturated heterocycles.